The maximum absolute atomic E-state index is 12.2. The number of hydrazone groups is 1. The molecule has 3 rings (SSSR count). The Hall–Kier alpha value is -2.40. The van der Waals surface area contributed by atoms with Gasteiger partial charge in [0, 0.05) is 32.7 Å². The van der Waals surface area contributed by atoms with Crippen molar-refractivity contribution in [3.05, 3.63) is 69.3 Å². The van der Waals surface area contributed by atoms with E-state index in [2.05, 4.69) is 31.4 Å². The number of amides is 1. The topological polar surface area (TPSA) is 57.2 Å². The number of fused-ring (bicyclic) bond motifs is 1. The van der Waals surface area contributed by atoms with Crippen molar-refractivity contribution in [3.63, 3.8) is 0 Å². The number of aromatic nitrogens is 1. The number of aromatic amines is 1. The van der Waals surface area contributed by atoms with Crippen LogP contribution in [0.2, 0.25) is 0 Å². The molecular weight excluding hydrogens is 354 g/mol. The van der Waals surface area contributed by atoms with Crippen molar-refractivity contribution < 1.29 is 4.79 Å². The van der Waals surface area contributed by atoms with Crippen molar-refractivity contribution in [2.45, 2.75) is 13.8 Å². The van der Waals surface area contributed by atoms with Gasteiger partial charge in [0.2, 0.25) is 0 Å². The predicted molar refractivity (Wildman–Crippen MR) is 97.0 cm³/mol. The molecule has 0 bridgehead atoms. The van der Waals surface area contributed by atoms with Gasteiger partial charge in [0.1, 0.15) is 0 Å². The van der Waals surface area contributed by atoms with Gasteiger partial charge in [-0.1, -0.05) is 33.6 Å². The van der Waals surface area contributed by atoms with Gasteiger partial charge in [0.25, 0.3) is 5.91 Å². The number of rotatable bonds is 3. The molecule has 0 radical (unpaired) electrons. The van der Waals surface area contributed by atoms with Crippen LogP contribution in [-0.4, -0.2) is 17.1 Å². The zero-order chi connectivity index (χ0) is 16.4. The molecule has 0 fully saturated rings. The average molecular weight is 370 g/mol. The first-order chi connectivity index (χ1) is 11.0. The van der Waals surface area contributed by atoms with Crippen LogP contribution in [0.5, 0.6) is 0 Å². The lowest BCUT2D eigenvalue weighted by Crippen LogP contribution is -2.18. The van der Waals surface area contributed by atoms with Crippen LogP contribution in [0.15, 0.2) is 52.2 Å². The van der Waals surface area contributed by atoms with E-state index in [1.165, 1.54) is 0 Å². The summed E-state index contributed by atoms with van der Waals surface area (Å²) in [6.45, 7) is 3.92. The van der Waals surface area contributed by atoms with Crippen LogP contribution in [0.4, 0.5) is 0 Å². The summed E-state index contributed by atoms with van der Waals surface area (Å²) in [6, 6.07) is 11.7. The van der Waals surface area contributed by atoms with Gasteiger partial charge in [-0.3, -0.25) is 4.79 Å². The largest absolute Gasteiger partial charge is 0.361 e. The van der Waals surface area contributed by atoms with Crippen LogP contribution < -0.4 is 5.43 Å². The highest BCUT2D eigenvalue weighted by Crippen LogP contribution is 2.21. The summed E-state index contributed by atoms with van der Waals surface area (Å²) in [5, 5.41) is 5.12. The van der Waals surface area contributed by atoms with E-state index in [9.17, 15) is 4.79 Å². The second-order valence-electron chi connectivity index (χ2n) is 5.45. The molecule has 1 amide bonds. The number of hydrogen-bond donors (Lipinski definition) is 2. The SMILES string of the molecule is Cc1ccc(C(=O)NN=Cc2c[nH]c3ccc(Br)cc23)c(C)c1. The summed E-state index contributed by atoms with van der Waals surface area (Å²) in [5.74, 6) is -0.209. The lowest BCUT2D eigenvalue weighted by atomic mass is 10.1. The van der Waals surface area contributed by atoms with Gasteiger partial charge in [0.05, 0.1) is 6.21 Å². The highest BCUT2D eigenvalue weighted by molar-refractivity contribution is 9.10. The average Bonchev–Trinajstić information content (AvgIpc) is 2.89. The molecule has 0 unspecified atom stereocenters. The Bertz CT molecular complexity index is 912. The zero-order valence-electron chi connectivity index (χ0n) is 12.9. The van der Waals surface area contributed by atoms with Crippen LogP contribution >= 0.6 is 15.9 Å². The highest BCUT2D eigenvalue weighted by atomic mass is 79.9. The highest BCUT2D eigenvalue weighted by Gasteiger charge is 2.08. The van der Waals surface area contributed by atoms with Crippen molar-refractivity contribution >= 4 is 39.0 Å². The molecule has 0 aliphatic rings. The molecule has 0 saturated carbocycles. The minimum Gasteiger partial charge on any atom is -0.361 e. The van der Waals surface area contributed by atoms with E-state index in [1.54, 1.807) is 6.21 Å². The molecule has 0 aliphatic carbocycles. The molecule has 0 atom stereocenters. The van der Waals surface area contributed by atoms with Gasteiger partial charge in [0.15, 0.2) is 0 Å². The minimum atomic E-state index is -0.209. The molecule has 1 heterocycles. The van der Waals surface area contributed by atoms with E-state index in [1.807, 2.05) is 56.4 Å². The number of hydrogen-bond acceptors (Lipinski definition) is 2. The van der Waals surface area contributed by atoms with E-state index >= 15 is 0 Å². The lowest BCUT2D eigenvalue weighted by molar-refractivity contribution is 0.0954. The Balaban J connectivity index is 1.77. The lowest BCUT2D eigenvalue weighted by Gasteiger charge is -2.04. The predicted octanol–water partition coefficient (Wildman–Crippen LogP) is 4.31. The summed E-state index contributed by atoms with van der Waals surface area (Å²) in [7, 11) is 0. The van der Waals surface area contributed by atoms with Crippen LogP contribution in [0.1, 0.15) is 27.0 Å². The molecule has 1 aromatic heterocycles. The first kappa shape index (κ1) is 15.5. The number of halogens is 1. The summed E-state index contributed by atoms with van der Waals surface area (Å²) < 4.78 is 0.999. The number of carbonyl (C=O) groups excluding carboxylic acids is 1. The number of nitrogens with zero attached hydrogens (tertiary/aromatic N) is 1. The summed E-state index contributed by atoms with van der Waals surface area (Å²) in [4.78, 5) is 15.4. The summed E-state index contributed by atoms with van der Waals surface area (Å²) in [5.41, 5.74) is 7.23. The minimum absolute atomic E-state index is 0.209. The van der Waals surface area contributed by atoms with Gasteiger partial charge < -0.3 is 4.98 Å². The number of benzene rings is 2. The van der Waals surface area contributed by atoms with Crippen molar-refractivity contribution in [1.82, 2.24) is 10.4 Å². The fourth-order valence-electron chi connectivity index (χ4n) is 2.51. The van der Waals surface area contributed by atoms with Gasteiger partial charge in [-0.15, -0.1) is 0 Å². The number of nitrogens with one attached hydrogen (secondary N) is 2. The van der Waals surface area contributed by atoms with Crippen molar-refractivity contribution in [2.75, 3.05) is 0 Å². The second kappa shape index (κ2) is 6.38. The first-order valence-electron chi connectivity index (χ1n) is 7.22. The number of aryl methyl sites for hydroxylation is 2. The van der Waals surface area contributed by atoms with Gasteiger partial charge >= 0.3 is 0 Å². The monoisotopic (exact) mass is 369 g/mol. The Kier molecular flexibility index (Phi) is 4.30. The van der Waals surface area contributed by atoms with E-state index in [-0.39, 0.29) is 5.91 Å². The second-order valence-corrected chi connectivity index (χ2v) is 6.37. The molecule has 0 spiro atoms. The van der Waals surface area contributed by atoms with Crippen LogP contribution in [0.25, 0.3) is 10.9 Å². The van der Waals surface area contributed by atoms with E-state index < -0.39 is 0 Å². The molecule has 3 aromatic rings. The summed E-state index contributed by atoms with van der Waals surface area (Å²) in [6.07, 6.45) is 3.51. The van der Waals surface area contributed by atoms with E-state index in [0.29, 0.717) is 5.56 Å². The standard InChI is InChI=1S/C18H16BrN3O/c1-11-3-5-15(12(2)7-11)18(23)22-21-10-13-9-20-17-6-4-14(19)8-16(13)17/h3-10,20H,1-2H3,(H,22,23). The van der Waals surface area contributed by atoms with E-state index in [0.717, 1.165) is 32.1 Å². The summed E-state index contributed by atoms with van der Waals surface area (Å²) >= 11 is 3.46. The molecule has 4 nitrogen and oxygen atoms in total. The third kappa shape index (κ3) is 3.35. The molecule has 116 valence electrons. The van der Waals surface area contributed by atoms with Crippen LogP contribution in [0.3, 0.4) is 0 Å². The molecule has 0 aliphatic heterocycles. The van der Waals surface area contributed by atoms with Gasteiger partial charge in [-0.25, -0.2) is 5.43 Å². The van der Waals surface area contributed by atoms with Crippen molar-refractivity contribution in [2.24, 2.45) is 5.10 Å². The number of H-pyrrole nitrogens is 1. The van der Waals surface area contributed by atoms with Crippen LogP contribution in [0, 0.1) is 13.8 Å². The fraction of sp³-hybridized carbons (Fsp3) is 0.111. The van der Waals surface area contributed by atoms with E-state index in [4.69, 9.17) is 0 Å². The van der Waals surface area contributed by atoms with Crippen molar-refractivity contribution in [3.8, 4) is 0 Å². The van der Waals surface area contributed by atoms with Crippen LogP contribution in [-0.2, 0) is 0 Å². The molecule has 0 saturated heterocycles. The quantitative estimate of drug-likeness (QED) is 0.524. The molecule has 2 N–H and O–H groups in total. The zero-order valence-corrected chi connectivity index (χ0v) is 14.4. The van der Waals surface area contributed by atoms with Gasteiger partial charge in [-0.2, -0.15) is 5.10 Å². The molecule has 5 heteroatoms. The van der Waals surface area contributed by atoms with Crippen molar-refractivity contribution in [1.29, 1.82) is 0 Å². The Morgan fingerprint density at radius 2 is 2.04 bits per heavy atom. The Labute approximate surface area is 142 Å². The smallest absolute Gasteiger partial charge is 0.271 e. The first-order valence-corrected chi connectivity index (χ1v) is 8.01. The van der Waals surface area contributed by atoms with Gasteiger partial charge in [-0.05, 0) is 43.7 Å². The third-order valence-corrected chi connectivity index (χ3v) is 4.17. The molecular formula is C18H16BrN3O. The molecule has 2 aromatic carbocycles. The third-order valence-electron chi connectivity index (χ3n) is 3.67. The number of carbonyl (C=O) groups is 1. The maximum Gasteiger partial charge on any atom is 0.271 e. The normalized spacial score (nSPS) is 11.3. The molecule has 23 heavy (non-hydrogen) atoms. The maximum atomic E-state index is 12.2. The Morgan fingerprint density at radius 3 is 2.83 bits per heavy atom. The Morgan fingerprint density at radius 1 is 1.22 bits per heavy atom. The fourth-order valence-corrected chi connectivity index (χ4v) is 2.87.